The van der Waals surface area contributed by atoms with Gasteiger partial charge in [-0.1, -0.05) is 104 Å². The van der Waals surface area contributed by atoms with Crippen molar-refractivity contribution in [2.75, 3.05) is 5.32 Å². The zero-order valence-corrected chi connectivity index (χ0v) is 22.0. The molecule has 0 unspecified atom stereocenters. The third kappa shape index (κ3) is 6.16. The summed E-state index contributed by atoms with van der Waals surface area (Å²) >= 11 is 6.23. The van der Waals surface area contributed by atoms with E-state index in [9.17, 15) is 4.79 Å². The number of halogens is 1. The maximum absolute atomic E-state index is 12.6. The molecule has 186 valence electrons. The van der Waals surface area contributed by atoms with Crippen LogP contribution in [-0.2, 0) is 11.2 Å². The molecule has 0 radical (unpaired) electrons. The van der Waals surface area contributed by atoms with Crippen molar-refractivity contribution in [1.29, 1.82) is 0 Å². The van der Waals surface area contributed by atoms with E-state index in [1.165, 1.54) is 5.56 Å². The van der Waals surface area contributed by atoms with Gasteiger partial charge in [-0.2, -0.15) is 0 Å². The number of aromatic nitrogens is 1. The Kier molecular flexibility index (Phi) is 7.51. The van der Waals surface area contributed by atoms with Crippen LogP contribution < -0.4 is 5.32 Å². The van der Waals surface area contributed by atoms with Gasteiger partial charge < -0.3 is 9.26 Å². The second-order valence-corrected chi connectivity index (χ2v) is 10.6. The van der Waals surface area contributed by atoms with Crippen LogP contribution >= 0.6 is 11.6 Å². The molecular weight excluding hydrogens is 472 g/mol. The molecule has 0 fully saturated rings. The number of nitrogens with zero attached hydrogens (tertiary/aromatic N) is 1. The highest BCUT2D eigenvalue weighted by Gasteiger charge is 2.21. The summed E-state index contributed by atoms with van der Waals surface area (Å²) in [7, 11) is 0. The summed E-state index contributed by atoms with van der Waals surface area (Å²) < 4.78 is 11.1. The molecule has 0 aliphatic carbocycles. The average molecular weight is 503 g/mol. The quantitative estimate of drug-likeness (QED) is 0.286. The SMILES string of the molecule is Cc1noc(-c2ccc(-c3ccc(CC(C)(C)C)cc3)cc2)c1NC(=O)O[C@H](C)c1ccccc1Cl. The molecule has 4 aromatic rings. The predicted octanol–water partition coefficient (Wildman–Crippen LogP) is 8.87. The molecule has 0 saturated heterocycles. The van der Waals surface area contributed by atoms with Crippen LogP contribution in [-0.4, -0.2) is 11.2 Å². The van der Waals surface area contributed by atoms with E-state index in [4.69, 9.17) is 20.9 Å². The van der Waals surface area contributed by atoms with Crippen LogP contribution in [0.4, 0.5) is 10.5 Å². The number of anilines is 1. The predicted molar refractivity (Wildman–Crippen MR) is 145 cm³/mol. The number of rotatable bonds is 6. The van der Waals surface area contributed by atoms with E-state index in [0.717, 1.165) is 28.7 Å². The summed E-state index contributed by atoms with van der Waals surface area (Å²) in [5.41, 5.74) is 6.39. The highest BCUT2D eigenvalue weighted by molar-refractivity contribution is 6.31. The van der Waals surface area contributed by atoms with Crippen molar-refractivity contribution in [3.8, 4) is 22.5 Å². The topological polar surface area (TPSA) is 64.4 Å². The van der Waals surface area contributed by atoms with Crippen LogP contribution in [0.1, 0.15) is 50.6 Å². The molecule has 0 saturated carbocycles. The van der Waals surface area contributed by atoms with Gasteiger partial charge in [0.25, 0.3) is 0 Å². The molecule has 5 nitrogen and oxygen atoms in total. The van der Waals surface area contributed by atoms with E-state index in [1.54, 1.807) is 19.9 Å². The smallest absolute Gasteiger partial charge is 0.412 e. The fraction of sp³-hybridized carbons (Fsp3) is 0.267. The van der Waals surface area contributed by atoms with Gasteiger partial charge in [0.05, 0.1) is 0 Å². The summed E-state index contributed by atoms with van der Waals surface area (Å²) in [6, 6.07) is 23.9. The molecule has 0 spiro atoms. The summed E-state index contributed by atoms with van der Waals surface area (Å²) in [6.07, 6.45) is -0.0924. The van der Waals surface area contributed by atoms with Crippen LogP contribution in [0.5, 0.6) is 0 Å². The summed E-state index contributed by atoms with van der Waals surface area (Å²) in [4.78, 5) is 12.6. The van der Waals surface area contributed by atoms with Gasteiger partial charge in [-0.15, -0.1) is 0 Å². The minimum absolute atomic E-state index is 0.253. The van der Waals surface area contributed by atoms with Gasteiger partial charge in [-0.3, -0.25) is 5.32 Å². The highest BCUT2D eigenvalue weighted by atomic mass is 35.5. The maximum atomic E-state index is 12.6. The highest BCUT2D eigenvalue weighted by Crippen LogP contribution is 2.33. The van der Waals surface area contributed by atoms with E-state index in [-0.39, 0.29) is 5.41 Å². The standard InChI is InChI=1S/C30H31ClN2O3/c1-19-27(32-29(34)35-20(2)25-8-6-7-9-26(25)31)28(36-33-19)24-16-14-23(15-17-24)22-12-10-21(11-13-22)18-30(3,4)5/h6-17,20H,18H2,1-5H3,(H,32,34)/t20-/m1/s1. The molecule has 1 heterocycles. The molecule has 1 atom stereocenters. The van der Waals surface area contributed by atoms with Crippen molar-refractivity contribution in [2.45, 2.75) is 47.1 Å². The van der Waals surface area contributed by atoms with Crippen molar-refractivity contribution in [3.05, 3.63) is 94.6 Å². The second-order valence-electron chi connectivity index (χ2n) is 10.2. The average Bonchev–Trinajstić information content (AvgIpc) is 3.18. The molecule has 1 aromatic heterocycles. The Balaban J connectivity index is 1.47. The van der Waals surface area contributed by atoms with E-state index in [0.29, 0.717) is 22.2 Å². The number of hydrogen-bond donors (Lipinski definition) is 1. The lowest BCUT2D eigenvalue weighted by atomic mass is 9.87. The minimum Gasteiger partial charge on any atom is -0.441 e. The first-order valence-corrected chi connectivity index (χ1v) is 12.4. The van der Waals surface area contributed by atoms with Crippen LogP contribution in [0.25, 0.3) is 22.5 Å². The molecule has 4 rings (SSSR count). The third-order valence-electron chi connectivity index (χ3n) is 5.89. The molecule has 0 aliphatic heterocycles. The van der Waals surface area contributed by atoms with Crippen molar-refractivity contribution in [2.24, 2.45) is 5.41 Å². The van der Waals surface area contributed by atoms with Crippen molar-refractivity contribution in [1.82, 2.24) is 5.16 Å². The Hall–Kier alpha value is -3.57. The first kappa shape index (κ1) is 25.5. The van der Waals surface area contributed by atoms with Gasteiger partial charge in [0.15, 0.2) is 5.76 Å². The Bertz CT molecular complexity index is 1340. The van der Waals surface area contributed by atoms with Crippen molar-refractivity contribution >= 4 is 23.4 Å². The number of benzene rings is 3. The van der Waals surface area contributed by atoms with E-state index in [2.05, 4.69) is 55.5 Å². The minimum atomic E-state index is -0.609. The van der Waals surface area contributed by atoms with Crippen LogP contribution in [0.3, 0.4) is 0 Å². The number of nitrogens with one attached hydrogen (secondary N) is 1. The van der Waals surface area contributed by atoms with Gasteiger partial charge in [-0.25, -0.2) is 4.79 Å². The van der Waals surface area contributed by atoms with Gasteiger partial charge >= 0.3 is 6.09 Å². The lowest BCUT2D eigenvalue weighted by Gasteiger charge is -2.18. The number of carbonyl (C=O) groups is 1. The zero-order valence-electron chi connectivity index (χ0n) is 21.3. The Labute approximate surface area is 217 Å². The Morgan fingerprint density at radius 2 is 1.56 bits per heavy atom. The second kappa shape index (κ2) is 10.6. The molecular formula is C30H31ClN2O3. The summed E-state index contributed by atoms with van der Waals surface area (Å²) in [5.74, 6) is 0.474. The van der Waals surface area contributed by atoms with Gasteiger partial charge in [0.1, 0.15) is 17.5 Å². The zero-order chi connectivity index (χ0) is 25.9. The summed E-state index contributed by atoms with van der Waals surface area (Å²) in [6.45, 7) is 10.3. The number of aryl methyl sites for hydroxylation is 1. The summed E-state index contributed by atoms with van der Waals surface area (Å²) in [5, 5.41) is 7.38. The molecule has 3 aromatic carbocycles. The van der Waals surface area contributed by atoms with E-state index >= 15 is 0 Å². The number of hydrogen-bond acceptors (Lipinski definition) is 4. The molecule has 1 N–H and O–H groups in total. The van der Waals surface area contributed by atoms with Crippen molar-refractivity contribution < 1.29 is 14.1 Å². The molecule has 0 bridgehead atoms. The third-order valence-corrected chi connectivity index (χ3v) is 6.23. The normalized spacial score (nSPS) is 12.3. The van der Waals surface area contributed by atoms with Gasteiger partial charge in [0.2, 0.25) is 0 Å². The van der Waals surface area contributed by atoms with Crippen LogP contribution in [0.2, 0.25) is 5.02 Å². The molecule has 0 aliphatic rings. The monoisotopic (exact) mass is 502 g/mol. The van der Waals surface area contributed by atoms with E-state index < -0.39 is 12.2 Å². The maximum Gasteiger partial charge on any atom is 0.412 e. The number of amides is 1. The largest absolute Gasteiger partial charge is 0.441 e. The lowest BCUT2D eigenvalue weighted by molar-refractivity contribution is 0.121. The fourth-order valence-electron chi connectivity index (χ4n) is 4.12. The number of carbonyl (C=O) groups excluding carboxylic acids is 1. The van der Waals surface area contributed by atoms with Gasteiger partial charge in [-0.05, 0) is 48.4 Å². The number of ether oxygens (including phenoxy) is 1. The Morgan fingerprint density at radius 1 is 0.972 bits per heavy atom. The fourth-order valence-corrected chi connectivity index (χ4v) is 4.41. The lowest BCUT2D eigenvalue weighted by Crippen LogP contribution is -2.17. The molecule has 6 heteroatoms. The van der Waals surface area contributed by atoms with Crippen LogP contribution in [0.15, 0.2) is 77.3 Å². The van der Waals surface area contributed by atoms with Gasteiger partial charge in [0, 0.05) is 16.1 Å². The van der Waals surface area contributed by atoms with E-state index in [1.807, 2.05) is 42.5 Å². The van der Waals surface area contributed by atoms with Crippen molar-refractivity contribution in [3.63, 3.8) is 0 Å². The Morgan fingerprint density at radius 3 is 2.17 bits per heavy atom. The van der Waals surface area contributed by atoms with Crippen LogP contribution in [0, 0.1) is 12.3 Å². The molecule has 36 heavy (non-hydrogen) atoms. The first-order valence-electron chi connectivity index (χ1n) is 12.0. The first-order chi connectivity index (χ1) is 17.1. The molecule has 1 amide bonds.